The van der Waals surface area contributed by atoms with E-state index in [0.29, 0.717) is 0 Å². The quantitative estimate of drug-likeness (QED) is 0.621. The van der Waals surface area contributed by atoms with Gasteiger partial charge in [-0.3, -0.25) is 0 Å². The number of halogens is 4. The molecule has 1 rings (SSSR count). The fourth-order valence-electron chi connectivity index (χ4n) is 1.10. The summed E-state index contributed by atoms with van der Waals surface area (Å²) in [6.07, 6.45) is -6.84. The number of carbonyl (C=O) groups excluding carboxylic acids is 1. The molecule has 0 spiro atoms. The van der Waals surface area contributed by atoms with Gasteiger partial charge in [-0.1, -0.05) is 0 Å². The van der Waals surface area contributed by atoms with E-state index in [1.165, 1.54) is 6.92 Å². The van der Waals surface area contributed by atoms with Crippen molar-refractivity contribution in [3.05, 3.63) is 29.8 Å². The number of carbonyl (C=O) groups is 1. The summed E-state index contributed by atoms with van der Waals surface area (Å²) in [7, 11) is 0. The monoisotopic (exact) mass is 266 g/mol. The average Bonchev–Trinajstić information content (AvgIpc) is 2.28. The summed E-state index contributed by atoms with van der Waals surface area (Å²) >= 11 is 0. The largest absolute Gasteiger partial charge is 0.461 e. The van der Waals surface area contributed by atoms with Gasteiger partial charge in [-0.2, -0.15) is 17.6 Å². The van der Waals surface area contributed by atoms with Crippen LogP contribution >= 0.6 is 0 Å². The Morgan fingerprint density at radius 2 is 1.83 bits per heavy atom. The smallest absolute Gasteiger partial charge is 0.416 e. The second-order valence-electron chi connectivity index (χ2n) is 3.21. The highest BCUT2D eigenvalue weighted by Gasteiger charge is 2.30. The van der Waals surface area contributed by atoms with E-state index in [1.807, 2.05) is 0 Å². The first kappa shape index (κ1) is 14.3. The second-order valence-corrected chi connectivity index (χ2v) is 3.21. The molecular weight excluding hydrogens is 256 g/mol. The lowest BCUT2D eigenvalue weighted by molar-refractivity contribution is -0.159. The number of ether oxygens (including phenoxy) is 2. The molecular formula is C11H10F4O3. The fraction of sp³-hybridized carbons (Fsp3) is 0.364. The molecule has 0 saturated heterocycles. The first-order valence-electron chi connectivity index (χ1n) is 4.99. The molecule has 0 bridgehead atoms. The van der Waals surface area contributed by atoms with Gasteiger partial charge in [0.2, 0.25) is 0 Å². The molecule has 1 aromatic rings. The summed E-state index contributed by atoms with van der Waals surface area (Å²) in [5.74, 6) is -1.42. The SMILES string of the molecule is CCOC(=O)C(F)Oc1ccc(C(F)(F)F)cc1. The molecule has 0 aliphatic rings. The van der Waals surface area contributed by atoms with E-state index in [0.717, 1.165) is 24.3 Å². The molecule has 1 aromatic carbocycles. The minimum atomic E-state index is -4.48. The molecule has 0 fully saturated rings. The van der Waals surface area contributed by atoms with Gasteiger partial charge in [-0.15, -0.1) is 0 Å². The highest BCUT2D eigenvalue weighted by molar-refractivity contribution is 5.73. The van der Waals surface area contributed by atoms with E-state index >= 15 is 0 Å². The normalized spacial score (nSPS) is 12.9. The number of esters is 1. The van der Waals surface area contributed by atoms with E-state index in [1.54, 1.807) is 0 Å². The van der Waals surface area contributed by atoms with Crippen LogP contribution in [0, 0.1) is 0 Å². The maximum absolute atomic E-state index is 13.1. The zero-order valence-electron chi connectivity index (χ0n) is 9.33. The third kappa shape index (κ3) is 3.90. The minimum absolute atomic E-state index is 0.0182. The van der Waals surface area contributed by atoms with Gasteiger partial charge in [-0.05, 0) is 31.2 Å². The van der Waals surface area contributed by atoms with E-state index in [4.69, 9.17) is 0 Å². The number of rotatable bonds is 4. The number of hydrogen-bond donors (Lipinski definition) is 0. The maximum Gasteiger partial charge on any atom is 0.416 e. The molecule has 0 saturated carbocycles. The van der Waals surface area contributed by atoms with Gasteiger partial charge in [0.25, 0.3) is 0 Å². The van der Waals surface area contributed by atoms with E-state index in [2.05, 4.69) is 9.47 Å². The molecule has 18 heavy (non-hydrogen) atoms. The van der Waals surface area contributed by atoms with Gasteiger partial charge >= 0.3 is 18.5 Å². The highest BCUT2D eigenvalue weighted by Crippen LogP contribution is 2.30. The summed E-state index contributed by atoms with van der Waals surface area (Å²) in [5.41, 5.74) is -0.888. The summed E-state index contributed by atoms with van der Waals surface area (Å²) < 4.78 is 58.6. The Kier molecular flexibility index (Phi) is 4.52. The lowest BCUT2D eigenvalue weighted by Gasteiger charge is -2.11. The highest BCUT2D eigenvalue weighted by atomic mass is 19.4. The summed E-state index contributed by atoms with van der Waals surface area (Å²) in [4.78, 5) is 10.9. The predicted molar refractivity (Wildman–Crippen MR) is 53.6 cm³/mol. The van der Waals surface area contributed by atoms with Gasteiger partial charge in [0.15, 0.2) is 0 Å². The number of hydrogen-bond acceptors (Lipinski definition) is 3. The van der Waals surface area contributed by atoms with E-state index in [-0.39, 0.29) is 12.4 Å². The van der Waals surface area contributed by atoms with Crippen LogP contribution < -0.4 is 4.74 Å². The van der Waals surface area contributed by atoms with E-state index in [9.17, 15) is 22.4 Å². The minimum Gasteiger partial charge on any atom is -0.461 e. The van der Waals surface area contributed by atoms with Crippen molar-refractivity contribution < 1.29 is 31.8 Å². The third-order valence-corrected chi connectivity index (χ3v) is 1.89. The first-order chi connectivity index (χ1) is 8.34. The molecule has 3 nitrogen and oxygen atoms in total. The van der Waals surface area contributed by atoms with Crippen LogP contribution in [-0.4, -0.2) is 18.9 Å². The summed E-state index contributed by atoms with van der Waals surface area (Å²) in [6.45, 7) is 1.47. The number of alkyl halides is 4. The Bertz CT molecular complexity index is 400. The Labute approximate surface area is 100 Å². The van der Waals surface area contributed by atoms with Crippen molar-refractivity contribution in [2.24, 2.45) is 0 Å². The van der Waals surface area contributed by atoms with Gasteiger partial charge in [0.05, 0.1) is 12.2 Å². The molecule has 0 heterocycles. The molecule has 0 aliphatic heterocycles. The van der Waals surface area contributed by atoms with Crippen molar-refractivity contribution >= 4 is 5.97 Å². The molecule has 0 N–H and O–H groups in total. The molecule has 0 amide bonds. The standard InChI is InChI=1S/C11H10F4O3/c1-2-17-10(16)9(12)18-8-5-3-7(4-6-8)11(13,14)15/h3-6,9H,2H2,1H3. The van der Waals surface area contributed by atoms with Crippen molar-refractivity contribution in [1.29, 1.82) is 0 Å². The summed E-state index contributed by atoms with van der Waals surface area (Å²) in [6, 6.07) is 3.31. The molecule has 1 atom stereocenters. The maximum atomic E-state index is 13.1. The van der Waals surface area contributed by atoms with E-state index < -0.39 is 24.1 Å². The average molecular weight is 266 g/mol. The van der Waals surface area contributed by atoms with Gasteiger partial charge < -0.3 is 9.47 Å². The van der Waals surface area contributed by atoms with Crippen molar-refractivity contribution in [3.8, 4) is 5.75 Å². The van der Waals surface area contributed by atoms with Crippen LogP contribution in [0.25, 0.3) is 0 Å². The van der Waals surface area contributed by atoms with Crippen molar-refractivity contribution in [2.75, 3.05) is 6.61 Å². The van der Waals surface area contributed by atoms with Crippen LogP contribution in [0.2, 0.25) is 0 Å². The van der Waals surface area contributed by atoms with Crippen molar-refractivity contribution in [3.63, 3.8) is 0 Å². The first-order valence-corrected chi connectivity index (χ1v) is 4.99. The van der Waals surface area contributed by atoms with Crippen LogP contribution in [0.3, 0.4) is 0 Å². The van der Waals surface area contributed by atoms with Crippen LogP contribution in [-0.2, 0) is 15.7 Å². The zero-order chi connectivity index (χ0) is 13.8. The van der Waals surface area contributed by atoms with Crippen LogP contribution in [0.1, 0.15) is 12.5 Å². The van der Waals surface area contributed by atoms with Gasteiger partial charge in [0.1, 0.15) is 5.75 Å². The Hall–Kier alpha value is -1.79. The molecule has 7 heteroatoms. The lowest BCUT2D eigenvalue weighted by Crippen LogP contribution is -2.24. The topological polar surface area (TPSA) is 35.5 Å². The number of benzene rings is 1. The van der Waals surface area contributed by atoms with Gasteiger partial charge in [0, 0.05) is 0 Å². The lowest BCUT2D eigenvalue weighted by atomic mass is 10.2. The van der Waals surface area contributed by atoms with Crippen LogP contribution in [0.5, 0.6) is 5.75 Å². The molecule has 0 radical (unpaired) electrons. The Balaban J connectivity index is 2.67. The van der Waals surface area contributed by atoms with Crippen LogP contribution in [0.15, 0.2) is 24.3 Å². The predicted octanol–water partition coefficient (Wildman–Crippen LogP) is 2.94. The fourth-order valence-corrected chi connectivity index (χ4v) is 1.10. The molecule has 0 aliphatic carbocycles. The summed E-state index contributed by atoms with van der Waals surface area (Å²) in [5, 5.41) is 0. The molecule has 0 aromatic heterocycles. The van der Waals surface area contributed by atoms with Gasteiger partial charge in [-0.25, -0.2) is 4.79 Å². The third-order valence-electron chi connectivity index (χ3n) is 1.89. The second kappa shape index (κ2) is 5.70. The zero-order valence-corrected chi connectivity index (χ0v) is 9.33. The van der Waals surface area contributed by atoms with Crippen molar-refractivity contribution in [1.82, 2.24) is 0 Å². The Morgan fingerprint density at radius 3 is 2.28 bits per heavy atom. The molecule has 100 valence electrons. The Morgan fingerprint density at radius 1 is 1.28 bits per heavy atom. The molecule has 1 unspecified atom stereocenters. The van der Waals surface area contributed by atoms with Crippen LogP contribution in [0.4, 0.5) is 17.6 Å². The van der Waals surface area contributed by atoms with Crippen molar-refractivity contribution in [2.45, 2.75) is 19.5 Å².